The standard InChI is InChI=1S/C27H32N4O5S/c1-27(2,3)36-26(33)23(31-37(34,35)22-9-5-4-6-10-22)18-29-25(32)20-15-12-19(13-16-20)14-17-21-8-7-11-24(28)30-21/h4-13,15-16,23,31H,14,17-18H2,1-3H3,(H2,28,30)(H,29,32)/t23-/m0/s1. The van der Waals surface area contributed by atoms with E-state index in [-0.39, 0.29) is 11.4 Å². The van der Waals surface area contributed by atoms with Crippen LogP contribution in [0, 0.1) is 0 Å². The van der Waals surface area contributed by atoms with Gasteiger partial charge in [-0.2, -0.15) is 4.72 Å². The van der Waals surface area contributed by atoms with E-state index in [2.05, 4.69) is 15.0 Å². The highest BCUT2D eigenvalue weighted by Crippen LogP contribution is 2.13. The van der Waals surface area contributed by atoms with Crippen molar-refractivity contribution in [2.24, 2.45) is 0 Å². The molecule has 0 unspecified atom stereocenters. The Morgan fingerprint density at radius 3 is 2.24 bits per heavy atom. The molecular weight excluding hydrogens is 492 g/mol. The number of sulfonamides is 1. The monoisotopic (exact) mass is 524 g/mol. The van der Waals surface area contributed by atoms with E-state index in [1.807, 2.05) is 24.3 Å². The van der Waals surface area contributed by atoms with Gasteiger partial charge in [0, 0.05) is 17.8 Å². The molecule has 3 rings (SSSR count). The van der Waals surface area contributed by atoms with Crippen LogP contribution < -0.4 is 15.8 Å². The van der Waals surface area contributed by atoms with Gasteiger partial charge < -0.3 is 15.8 Å². The van der Waals surface area contributed by atoms with Crippen LogP contribution in [-0.4, -0.2) is 43.5 Å². The number of hydrogen-bond acceptors (Lipinski definition) is 7. The van der Waals surface area contributed by atoms with Gasteiger partial charge >= 0.3 is 5.97 Å². The number of anilines is 1. The molecule has 1 atom stereocenters. The van der Waals surface area contributed by atoms with Gasteiger partial charge in [0.15, 0.2) is 0 Å². The number of esters is 1. The van der Waals surface area contributed by atoms with Crippen molar-refractivity contribution in [3.05, 3.63) is 89.6 Å². The van der Waals surface area contributed by atoms with Crippen LogP contribution in [0.2, 0.25) is 0 Å². The third kappa shape index (κ3) is 8.69. The molecule has 0 fully saturated rings. The highest BCUT2D eigenvalue weighted by atomic mass is 32.2. The first-order chi connectivity index (χ1) is 17.4. The first kappa shape index (κ1) is 27.8. The second-order valence-corrected chi connectivity index (χ2v) is 11.2. The van der Waals surface area contributed by atoms with Crippen molar-refractivity contribution in [2.45, 2.75) is 50.2 Å². The molecule has 0 saturated carbocycles. The molecule has 0 bridgehead atoms. The van der Waals surface area contributed by atoms with Crippen molar-refractivity contribution in [3.63, 3.8) is 0 Å². The lowest BCUT2D eigenvalue weighted by atomic mass is 10.1. The van der Waals surface area contributed by atoms with Gasteiger partial charge in [-0.25, -0.2) is 13.4 Å². The zero-order chi connectivity index (χ0) is 27.1. The predicted octanol–water partition coefficient (Wildman–Crippen LogP) is 2.87. The van der Waals surface area contributed by atoms with E-state index in [1.54, 1.807) is 57.2 Å². The maximum Gasteiger partial charge on any atom is 0.326 e. The Kier molecular flexibility index (Phi) is 9.01. The molecule has 10 heteroatoms. The third-order valence-corrected chi connectivity index (χ3v) is 6.71. The highest BCUT2D eigenvalue weighted by Gasteiger charge is 2.30. The van der Waals surface area contributed by atoms with E-state index in [9.17, 15) is 18.0 Å². The van der Waals surface area contributed by atoms with Crippen molar-refractivity contribution in [2.75, 3.05) is 12.3 Å². The van der Waals surface area contributed by atoms with Crippen LogP contribution >= 0.6 is 0 Å². The topological polar surface area (TPSA) is 140 Å². The number of ether oxygens (including phenoxy) is 1. The van der Waals surface area contributed by atoms with Crippen molar-refractivity contribution in [1.29, 1.82) is 0 Å². The number of carbonyl (C=O) groups excluding carboxylic acids is 2. The van der Waals surface area contributed by atoms with Gasteiger partial charge in [0.05, 0.1) is 4.90 Å². The van der Waals surface area contributed by atoms with E-state index in [4.69, 9.17) is 10.5 Å². The molecule has 0 saturated heterocycles. The molecule has 4 N–H and O–H groups in total. The molecule has 9 nitrogen and oxygen atoms in total. The average molecular weight is 525 g/mol. The van der Waals surface area contributed by atoms with Crippen LogP contribution in [-0.2, 0) is 32.4 Å². The largest absolute Gasteiger partial charge is 0.459 e. The number of aromatic nitrogens is 1. The zero-order valence-corrected chi connectivity index (χ0v) is 21.9. The fourth-order valence-electron chi connectivity index (χ4n) is 3.43. The lowest BCUT2D eigenvalue weighted by Crippen LogP contribution is -2.50. The molecule has 3 aromatic rings. The summed E-state index contributed by atoms with van der Waals surface area (Å²) in [5, 5.41) is 2.63. The Morgan fingerprint density at radius 1 is 0.946 bits per heavy atom. The third-order valence-electron chi connectivity index (χ3n) is 5.22. The van der Waals surface area contributed by atoms with Crippen LogP contribution in [0.15, 0.2) is 77.7 Å². The maximum atomic E-state index is 12.8. The fourth-order valence-corrected chi connectivity index (χ4v) is 4.64. The predicted molar refractivity (Wildman–Crippen MR) is 141 cm³/mol. The molecule has 1 amide bonds. The number of carbonyl (C=O) groups is 2. The van der Waals surface area contributed by atoms with Gasteiger partial charge in [-0.3, -0.25) is 9.59 Å². The lowest BCUT2D eigenvalue weighted by Gasteiger charge is -2.24. The maximum absolute atomic E-state index is 12.8. The number of rotatable bonds is 10. The highest BCUT2D eigenvalue weighted by molar-refractivity contribution is 7.89. The number of nitrogen functional groups attached to an aromatic ring is 1. The minimum Gasteiger partial charge on any atom is -0.459 e. The summed E-state index contributed by atoms with van der Waals surface area (Å²) < 4.78 is 33.3. The summed E-state index contributed by atoms with van der Waals surface area (Å²) in [5.74, 6) is -0.769. The lowest BCUT2D eigenvalue weighted by molar-refractivity contribution is -0.156. The van der Waals surface area contributed by atoms with Crippen LogP contribution in [0.25, 0.3) is 0 Å². The molecule has 37 heavy (non-hydrogen) atoms. The van der Waals surface area contributed by atoms with Crippen molar-refractivity contribution >= 4 is 27.7 Å². The van der Waals surface area contributed by atoms with Gasteiger partial charge in [0.25, 0.3) is 5.91 Å². The summed E-state index contributed by atoms with van der Waals surface area (Å²) in [5.41, 5.74) is 7.15. The number of hydrogen-bond donors (Lipinski definition) is 3. The molecule has 2 aromatic carbocycles. The average Bonchev–Trinajstić information content (AvgIpc) is 2.85. The van der Waals surface area contributed by atoms with Crippen LogP contribution in [0.1, 0.15) is 42.4 Å². The van der Waals surface area contributed by atoms with Crippen molar-refractivity contribution < 1.29 is 22.7 Å². The molecule has 0 aliphatic carbocycles. The summed E-state index contributed by atoms with van der Waals surface area (Å²) in [6.45, 7) is 4.74. The SMILES string of the molecule is CC(C)(C)OC(=O)[C@H](CNC(=O)c1ccc(CCc2cccc(N)n2)cc1)NS(=O)(=O)c1ccccc1. The first-order valence-corrected chi connectivity index (χ1v) is 13.3. The second-order valence-electron chi connectivity index (χ2n) is 9.48. The van der Waals surface area contributed by atoms with Crippen molar-refractivity contribution in [1.82, 2.24) is 15.0 Å². The number of nitrogens with two attached hydrogens (primary N) is 1. The summed E-state index contributed by atoms with van der Waals surface area (Å²) >= 11 is 0. The molecule has 1 heterocycles. The minimum atomic E-state index is -4.03. The molecule has 0 spiro atoms. The molecule has 0 aliphatic rings. The fraction of sp³-hybridized carbons (Fsp3) is 0.296. The quantitative estimate of drug-likeness (QED) is 0.346. The van der Waals surface area contributed by atoms with Gasteiger partial charge in [0.1, 0.15) is 17.5 Å². The van der Waals surface area contributed by atoms with E-state index in [0.717, 1.165) is 17.7 Å². The number of amides is 1. The van der Waals surface area contributed by atoms with E-state index in [0.29, 0.717) is 17.8 Å². The van der Waals surface area contributed by atoms with E-state index >= 15 is 0 Å². The number of nitrogens with one attached hydrogen (secondary N) is 2. The normalized spacial score (nSPS) is 12.5. The van der Waals surface area contributed by atoms with Gasteiger partial charge in [-0.15, -0.1) is 0 Å². The van der Waals surface area contributed by atoms with Crippen LogP contribution in [0.3, 0.4) is 0 Å². The first-order valence-electron chi connectivity index (χ1n) is 11.8. The van der Waals surface area contributed by atoms with E-state index < -0.39 is 33.5 Å². The second kappa shape index (κ2) is 12.0. The Bertz CT molecular complexity index is 1320. The molecule has 0 aliphatic heterocycles. The molecule has 196 valence electrons. The zero-order valence-electron chi connectivity index (χ0n) is 21.1. The number of pyridine rings is 1. The van der Waals surface area contributed by atoms with E-state index in [1.165, 1.54) is 12.1 Å². The van der Waals surface area contributed by atoms with Crippen molar-refractivity contribution in [3.8, 4) is 0 Å². The molecule has 0 radical (unpaired) electrons. The summed E-state index contributed by atoms with van der Waals surface area (Å²) in [4.78, 5) is 29.8. The number of benzene rings is 2. The number of nitrogens with zero attached hydrogens (tertiary/aromatic N) is 1. The minimum absolute atomic E-state index is 0.00105. The Morgan fingerprint density at radius 2 is 1.62 bits per heavy atom. The van der Waals surface area contributed by atoms with Gasteiger partial charge in [0.2, 0.25) is 10.0 Å². The Labute approximate surface area is 217 Å². The summed E-state index contributed by atoms with van der Waals surface area (Å²) in [7, 11) is -4.03. The Balaban J connectivity index is 1.65. The summed E-state index contributed by atoms with van der Waals surface area (Å²) in [6, 6.07) is 18.9. The molecule has 1 aromatic heterocycles. The Hall–Kier alpha value is -3.76. The van der Waals surface area contributed by atoms with Crippen LogP contribution in [0.5, 0.6) is 0 Å². The number of aryl methyl sites for hydroxylation is 2. The smallest absolute Gasteiger partial charge is 0.326 e. The molecular formula is C27H32N4O5S. The van der Waals surface area contributed by atoms with Gasteiger partial charge in [-0.1, -0.05) is 36.4 Å². The summed E-state index contributed by atoms with van der Waals surface area (Å²) in [6.07, 6.45) is 1.43. The van der Waals surface area contributed by atoms with Crippen LogP contribution in [0.4, 0.5) is 5.82 Å². The van der Waals surface area contributed by atoms with Gasteiger partial charge in [-0.05, 0) is 75.6 Å².